The van der Waals surface area contributed by atoms with E-state index in [1.54, 1.807) is 0 Å². The summed E-state index contributed by atoms with van der Waals surface area (Å²) in [6.45, 7) is 14.1. The summed E-state index contributed by atoms with van der Waals surface area (Å²) in [5, 5.41) is 3.62. The summed E-state index contributed by atoms with van der Waals surface area (Å²) in [4.78, 5) is 0. The molecule has 1 N–H and O–H groups in total. The van der Waals surface area contributed by atoms with Crippen LogP contribution in [0.15, 0.2) is 0 Å². The van der Waals surface area contributed by atoms with E-state index in [-0.39, 0.29) is 0 Å². The Labute approximate surface area is 135 Å². The number of nitrogens with one attached hydrogen (secondary N) is 1. The van der Waals surface area contributed by atoms with E-state index in [4.69, 9.17) is 0 Å². The summed E-state index contributed by atoms with van der Waals surface area (Å²) in [6.07, 6.45) is 15.5. The van der Waals surface area contributed by atoms with E-state index < -0.39 is 0 Å². The zero-order valence-corrected chi connectivity index (χ0v) is 15.8. The SMILES string of the molecule is CCCCCCCCCCCNCCC(C)CC(C)(C)C. The van der Waals surface area contributed by atoms with Crippen LogP contribution in [-0.2, 0) is 0 Å². The largest absolute Gasteiger partial charge is 0.317 e. The van der Waals surface area contributed by atoms with Crippen LogP contribution in [0, 0.1) is 11.3 Å². The van der Waals surface area contributed by atoms with Crippen LogP contribution in [0.4, 0.5) is 0 Å². The van der Waals surface area contributed by atoms with Crippen molar-refractivity contribution in [3.8, 4) is 0 Å². The molecule has 1 heteroatoms. The van der Waals surface area contributed by atoms with Crippen LogP contribution in [0.5, 0.6) is 0 Å². The molecule has 0 aliphatic carbocycles. The standard InChI is InChI=1S/C20H43N/c1-6-7-8-9-10-11-12-13-14-16-21-17-15-19(2)18-20(3,4)5/h19,21H,6-18H2,1-5H3. The van der Waals surface area contributed by atoms with Crippen LogP contribution < -0.4 is 5.32 Å². The van der Waals surface area contributed by atoms with Gasteiger partial charge in [0.2, 0.25) is 0 Å². The molecule has 0 aliphatic heterocycles. The summed E-state index contributed by atoms with van der Waals surface area (Å²) < 4.78 is 0. The van der Waals surface area contributed by atoms with E-state index in [9.17, 15) is 0 Å². The summed E-state index contributed by atoms with van der Waals surface area (Å²) in [7, 11) is 0. The average Bonchev–Trinajstić information content (AvgIpc) is 2.38. The molecule has 0 heterocycles. The Balaban J connectivity index is 3.15. The maximum Gasteiger partial charge on any atom is -0.00464 e. The van der Waals surface area contributed by atoms with Gasteiger partial charge in [0, 0.05) is 0 Å². The Kier molecular flexibility index (Phi) is 13.6. The third kappa shape index (κ3) is 17.9. The molecular weight excluding hydrogens is 254 g/mol. The molecule has 0 spiro atoms. The minimum absolute atomic E-state index is 0.483. The third-order valence-corrected chi connectivity index (χ3v) is 4.23. The zero-order valence-electron chi connectivity index (χ0n) is 15.8. The van der Waals surface area contributed by atoms with Gasteiger partial charge in [-0.3, -0.25) is 0 Å². The Bertz CT molecular complexity index is 204. The fourth-order valence-electron chi connectivity index (χ4n) is 3.18. The molecule has 1 unspecified atom stereocenters. The Morgan fingerprint density at radius 2 is 1.29 bits per heavy atom. The Morgan fingerprint density at radius 3 is 1.81 bits per heavy atom. The van der Waals surface area contributed by atoms with Crippen LogP contribution >= 0.6 is 0 Å². The summed E-state index contributed by atoms with van der Waals surface area (Å²) in [5.74, 6) is 0.848. The van der Waals surface area contributed by atoms with Gasteiger partial charge in [-0.15, -0.1) is 0 Å². The van der Waals surface area contributed by atoms with Crippen molar-refractivity contribution in [1.29, 1.82) is 0 Å². The van der Waals surface area contributed by atoms with Crippen LogP contribution in [0.25, 0.3) is 0 Å². The van der Waals surface area contributed by atoms with Crippen LogP contribution in [0.2, 0.25) is 0 Å². The van der Waals surface area contributed by atoms with E-state index in [0.29, 0.717) is 5.41 Å². The minimum Gasteiger partial charge on any atom is -0.317 e. The summed E-state index contributed by atoms with van der Waals surface area (Å²) in [5.41, 5.74) is 0.483. The van der Waals surface area contributed by atoms with Gasteiger partial charge in [-0.05, 0) is 43.7 Å². The molecular formula is C20H43N. The van der Waals surface area contributed by atoms with Crippen LogP contribution in [0.3, 0.4) is 0 Å². The minimum atomic E-state index is 0.483. The molecule has 0 rings (SSSR count). The molecule has 0 saturated heterocycles. The molecule has 0 aromatic carbocycles. The van der Waals surface area contributed by atoms with Gasteiger partial charge in [-0.1, -0.05) is 86.0 Å². The van der Waals surface area contributed by atoms with E-state index in [1.165, 1.54) is 83.7 Å². The number of unbranched alkanes of at least 4 members (excludes halogenated alkanes) is 8. The molecule has 21 heavy (non-hydrogen) atoms. The lowest BCUT2D eigenvalue weighted by Gasteiger charge is -2.23. The van der Waals surface area contributed by atoms with E-state index in [2.05, 4.69) is 39.9 Å². The quantitative estimate of drug-likeness (QED) is 0.357. The zero-order chi connectivity index (χ0) is 16.0. The van der Waals surface area contributed by atoms with Crippen molar-refractivity contribution in [2.45, 2.75) is 105 Å². The number of rotatable bonds is 14. The van der Waals surface area contributed by atoms with Gasteiger partial charge in [0.1, 0.15) is 0 Å². The summed E-state index contributed by atoms with van der Waals surface area (Å²) >= 11 is 0. The summed E-state index contributed by atoms with van der Waals surface area (Å²) in [6, 6.07) is 0. The van der Waals surface area contributed by atoms with Gasteiger partial charge in [-0.25, -0.2) is 0 Å². The van der Waals surface area contributed by atoms with Crippen molar-refractivity contribution in [2.75, 3.05) is 13.1 Å². The van der Waals surface area contributed by atoms with E-state index in [0.717, 1.165) is 5.92 Å². The van der Waals surface area contributed by atoms with Gasteiger partial charge in [0.15, 0.2) is 0 Å². The van der Waals surface area contributed by atoms with Crippen molar-refractivity contribution < 1.29 is 0 Å². The smallest absolute Gasteiger partial charge is 0.00464 e. The predicted octanol–water partition coefficient (Wildman–Crippen LogP) is 6.57. The number of hydrogen-bond acceptors (Lipinski definition) is 1. The number of hydrogen-bond donors (Lipinski definition) is 1. The second-order valence-electron chi connectivity index (χ2n) is 8.24. The molecule has 0 radical (unpaired) electrons. The van der Waals surface area contributed by atoms with Crippen LogP contribution in [-0.4, -0.2) is 13.1 Å². The molecule has 0 fully saturated rings. The molecule has 1 atom stereocenters. The lowest BCUT2D eigenvalue weighted by molar-refractivity contribution is 0.294. The fourth-order valence-corrected chi connectivity index (χ4v) is 3.18. The molecule has 0 amide bonds. The second kappa shape index (κ2) is 13.6. The first-order valence-corrected chi connectivity index (χ1v) is 9.66. The maximum absolute atomic E-state index is 3.62. The molecule has 0 aromatic rings. The Hall–Kier alpha value is -0.0400. The van der Waals surface area contributed by atoms with Crippen molar-refractivity contribution in [2.24, 2.45) is 11.3 Å². The molecule has 1 nitrogen and oxygen atoms in total. The topological polar surface area (TPSA) is 12.0 Å². The highest BCUT2D eigenvalue weighted by Gasteiger charge is 2.14. The molecule has 128 valence electrons. The van der Waals surface area contributed by atoms with Crippen LogP contribution in [0.1, 0.15) is 105 Å². The van der Waals surface area contributed by atoms with E-state index >= 15 is 0 Å². The first kappa shape index (κ1) is 21.0. The highest BCUT2D eigenvalue weighted by Crippen LogP contribution is 2.25. The van der Waals surface area contributed by atoms with Gasteiger partial charge in [0.25, 0.3) is 0 Å². The lowest BCUT2D eigenvalue weighted by atomic mass is 9.84. The van der Waals surface area contributed by atoms with E-state index in [1.807, 2.05) is 0 Å². The van der Waals surface area contributed by atoms with Crippen molar-refractivity contribution in [3.05, 3.63) is 0 Å². The van der Waals surface area contributed by atoms with Gasteiger partial charge < -0.3 is 5.32 Å². The monoisotopic (exact) mass is 297 g/mol. The fraction of sp³-hybridized carbons (Fsp3) is 1.00. The van der Waals surface area contributed by atoms with Gasteiger partial charge in [-0.2, -0.15) is 0 Å². The van der Waals surface area contributed by atoms with Crippen molar-refractivity contribution in [3.63, 3.8) is 0 Å². The van der Waals surface area contributed by atoms with Gasteiger partial charge in [0.05, 0.1) is 0 Å². The van der Waals surface area contributed by atoms with Gasteiger partial charge >= 0.3 is 0 Å². The Morgan fingerprint density at radius 1 is 0.762 bits per heavy atom. The second-order valence-corrected chi connectivity index (χ2v) is 8.24. The third-order valence-electron chi connectivity index (χ3n) is 4.23. The highest BCUT2D eigenvalue weighted by molar-refractivity contribution is 4.67. The van der Waals surface area contributed by atoms with Crippen molar-refractivity contribution >= 4 is 0 Å². The highest BCUT2D eigenvalue weighted by atomic mass is 14.8. The first-order valence-electron chi connectivity index (χ1n) is 9.66. The average molecular weight is 298 g/mol. The molecule has 0 saturated carbocycles. The normalized spacial score (nSPS) is 13.6. The maximum atomic E-state index is 3.62. The molecule has 0 aliphatic rings. The van der Waals surface area contributed by atoms with Crippen molar-refractivity contribution in [1.82, 2.24) is 5.32 Å². The predicted molar refractivity (Wildman–Crippen MR) is 97.9 cm³/mol. The molecule has 0 bridgehead atoms. The first-order chi connectivity index (χ1) is 9.95. The lowest BCUT2D eigenvalue weighted by Crippen LogP contribution is -2.20. The molecule has 0 aromatic heterocycles.